The monoisotopic (exact) mass is 282 g/mol. The second kappa shape index (κ2) is 6.12. The second-order valence-electron chi connectivity index (χ2n) is 5.57. The molecule has 1 saturated heterocycles. The number of hydrogen-bond donors (Lipinski definition) is 1. The summed E-state index contributed by atoms with van der Waals surface area (Å²) < 4.78 is 0. The van der Waals surface area contributed by atoms with Crippen LogP contribution in [0.5, 0.6) is 0 Å². The van der Waals surface area contributed by atoms with Gasteiger partial charge in [-0.25, -0.2) is 0 Å². The van der Waals surface area contributed by atoms with Crippen LogP contribution in [0.1, 0.15) is 31.4 Å². The molecule has 1 aliphatic rings. The molecule has 0 aromatic heterocycles. The van der Waals surface area contributed by atoms with E-state index in [0.29, 0.717) is 6.04 Å². The van der Waals surface area contributed by atoms with Gasteiger partial charge in [0.15, 0.2) is 0 Å². The average Bonchev–Trinajstić information content (AvgIpc) is 2.38. The maximum atomic E-state index is 9.57. The van der Waals surface area contributed by atoms with Crippen molar-refractivity contribution < 1.29 is 5.11 Å². The van der Waals surface area contributed by atoms with Crippen molar-refractivity contribution in [3.63, 3.8) is 0 Å². The standard InChI is InChI=1S/C15H23ClN2O/c1-11(19)12-4-5-15(14(16)10-12)18-8-6-13(7-9-18)17(2)3/h4-5,10-11,13,19H,6-9H2,1-3H3. The highest BCUT2D eigenvalue weighted by molar-refractivity contribution is 6.33. The summed E-state index contributed by atoms with van der Waals surface area (Å²) in [7, 11) is 4.29. The first-order valence-electron chi connectivity index (χ1n) is 6.88. The molecule has 4 heteroatoms. The Bertz CT molecular complexity index is 426. The molecule has 0 amide bonds. The maximum Gasteiger partial charge on any atom is 0.0762 e. The van der Waals surface area contributed by atoms with E-state index in [1.54, 1.807) is 6.92 Å². The van der Waals surface area contributed by atoms with Gasteiger partial charge in [0.25, 0.3) is 0 Å². The normalized spacial score (nSPS) is 18.9. The molecule has 0 bridgehead atoms. The Morgan fingerprint density at radius 1 is 1.32 bits per heavy atom. The molecule has 1 N–H and O–H groups in total. The molecule has 0 spiro atoms. The zero-order chi connectivity index (χ0) is 14.0. The molecule has 1 unspecified atom stereocenters. The first-order valence-corrected chi connectivity index (χ1v) is 7.25. The van der Waals surface area contributed by atoms with Crippen LogP contribution in [-0.2, 0) is 0 Å². The number of aliphatic hydroxyl groups excluding tert-OH is 1. The van der Waals surface area contributed by atoms with Gasteiger partial charge in [-0.2, -0.15) is 0 Å². The van der Waals surface area contributed by atoms with Gasteiger partial charge in [0.2, 0.25) is 0 Å². The van der Waals surface area contributed by atoms with Gasteiger partial charge in [-0.15, -0.1) is 0 Å². The highest BCUT2D eigenvalue weighted by Gasteiger charge is 2.22. The Balaban J connectivity index is 2.07. The molecule has 3 nitrogen and oxygen atoms in total. The average molecular weight is 283 g/mol. The molecule has 19 heavy (non-hydrogen) atoms. The smallest absolute Gasteiger partial charge is 0.0762 e. The topological polar surface area (TPSA) is 26.7 Å². The fraction of sp³-hybridized carbons (Fsp3) is 0.600. The van der Waals surface area contributed by atoms with Crippen molar-refractivity contribution in [2.45, 2.75) is 31.9 Å². The first-order chi connectivity index (χ1) is 8.99. The van der Waals surface area contributed by atoms with Crippen LogP contribution in [0.15, 0.2) is 18.2 Å². The molecule has 1 fully saturated rings. The van der Waals surface area contributed by atoms with E-state index in [9.17, 15) is 5.11 Å². The molecule has 2 rings (SSSR count). The van der Waals surface area contributed by atoms with Crippen molar-refractivity contribution in [2.75, 3.05) is 32.1 Å². The minimum absolute atomic E-state index is 0.467. The van der Waals surface area contributed by atoms with E-state index in [0.717, 1.165) is 29.4 Å². The van der Waals surface area contributed by atoms with Gasteiger partial charge < -0.3 is 14.9 Å². The molecular formula is C15H23ClN2O. The second-order valence-corrected chi connectivity index (χ2v) is 5.98. The largest absolute Gasteiger partial charge is 0.389 e. The summed E-state index contributed by atoms with van der Waals surface area (Å²) >= 11 is 6.34. The lowest BCUT2D eigenvalue weighted by molar-refractivity contribution is 0.199. The van der Waals surface area contributed by atoms with Gasteiger partial charge in [-0.05, 0) is 51.6 Å². The third-order valence-electron chi connectivity index (χ3n) is 3.99. The maximum absolute atomic E-state index is 9.57. The Kier molecular flexibility index (Phi) is 4.71. The van der Waals surface area contributed by atoms with Crippen molar-refractivity contribution in [1.29, 1.82) is 0 Å². The van der Waals surface area contributed by atoms with Crippen LogP contribution in [-0.4, -0.2) is 43.2 Å². The number of nitrogens with zero attached hydrogens (tertiary/aromatic N) is 2. The van der Waals surface area contributed by atoms with Crippen LogP contribution in [0.25, 0.3) is 0 Å². The molecule has 0 saturated carbocycles. The molecular weight excluding hydrogens is 260 g/mol. The van der Waals surface area contributed by atoms with Crippen LogP contribution in [0.3, 0.4) is 0 Å². The number of rotatable bonds is 3. The van der Waals surface area contributed by atoms with E-state index >= 15 is 0 Å². The highest BCUT2D eigenvalue weighted by atomic mass is 35.5. The summed E-state index contributed by atoms with van der Waals surface area (Å²) in [4.78, 5) is 4.64. The van der Waals surface area contributed by atoms with E-state index < -0.39 is 6.10 Å². The quantitative estimate of drug-likeness (QED) is 0.923. The summed E-state index contributed by atoms with van der Waals surface area (Å²) in [5, 5.41) is 10.3. The number of benzene rings is 1. The molecule has 1 aliphatic heterocycles. The van der Waals surface area contributed by atoms with Gasteiger partial charge in [-0.3, -0.25) is 0 Å². The van der Waals surface area contributed by atoms with Crippen molar-refractivity contribution in [3.8, 4) is 0 Å². The zero-order valence-corrected chi connectivity index (χ0v) is 12.7. The van der Waals surface area contributed by atoms with Gasteiger partial charge in [-0.1, -0.05) is 17.7 Å². The molecule has 1 heterocycles. The van der Waals surface area contributed by atoms with E-state index in [-0.39, 0.29) is 0 Å². The fourth-order valence-electron chi connectivity index (χ4n) is 2.66. The predicted molar refractivity (Wildman–Crippen MR) is 81.0 cm³/mol. The van der Waals surface area contributed by atoms with Crippen molar-refractivity contribution >= 4 is 17.3 Å². The SMILES string of the molecule is CC(O)c1ccc(N2CCC(N(C)C)CC2)c(Cl)c1. The minimum Gasteiger partial charge on any atom is -0.389 e. The molecule has 106 valence electrons. The van der Waals surface area contributed by atoms with E-state index in [4.69, 9.17) is 11.6 Å². The van der Waals surface area contributed by atoms with Gasteiger partial charge in [0.05, 0.1) is 16.8 Å². The Morgan fingerprint density at radius 3 is 2.42 bits per heavy atom. The summed E-state index contributed by atoms with van der Waals surface area (Å²) in [6.07, 6.45) is 1.87. The summed E-state index contributed by atoms with van der Waals surface area (Å²) in [6, 6.07) is 6.54. The molecule has 1 atom stereocenters. The van der Waals surface area contributed by atoms with Gasteiger partial charge in [0, 0.05) is 19.1 Å². The highest BCUT2D eigenvalue weighted by Crippen LogP contribution is 2.31. The van der Waals surface area contributed by atoms with Crippen LogP contribution < -0.4 is 4.90 Å². The number of piperidine rings is 1. The summed E-state index contributed by atoms with van der Waals surface area (Å²) in [5.74, 6) is 0. The fourth-order valence-corrected chi connectivity index (χ4v) is 2.97. The van der Waals surface area contributed by atoms with E-state index in [2.05, 4.69) is 23.9 Å². The lowest BCUT2D eigenvalue weighted by Crippen LogP contribution is -2.42. The third-order valence-corrected chi connectivity index (χ3v) is 4.29. The van der Waals surface area contributed by atoms with Crippen LogP contribution >= 0.6 is 11.6 Å². The van der Waals surface area contributed by atoms with Crippen molar-refractivity contribution in [1.82, 2.24) is 4.90 Å². The van der Waals surface area contributed by atoms with Gasteiger partial charge >= 0.3 is 0 Å². The lowest BCUT2D eigenvalue weighted by atomic mass is 10.0. The van der Waals surface area contributed by atoms with Crippen molar-refractivity contribution in [3.05, 3.63) is 28.8 Å². The molecule has 1 aromatic rings. The summed E-state index contributed by atoms with van der Waals surface area (Å²) in [5.41, 5.74) is 1.96. The van der Waals surface area contributed by atoms with Crippen LogP contribution in [0.2, 0.25) is 5.02 Å². The first kappa shape index (κ1) is 14.6. The molecule has 0 aliphatic carbocycles. The predicted octanol–water partition coefficient (Wildman–Crippen LogP) is 2.92. The number of halogens is 1. The number of anilines is 1. The van der Waals surface area contributed by atoms with E-state index in [1.165, 1.54) is 12.8 Å². The zero-order valence-electron chi connectivity index (χ0n) is 11.9. The summed E-state index contributed by atoms with van der Waals surface area (Å²) in [6.45, 7) is 3.83. The van der Waals surface area contributed by atoms with Crippen LogP contribution in [0.4, 0.5) is 5.69 Å². The van der Waals surface area contributed by atoms with Crippen LogP contribution in [0, 0.1) is 0 Å². The Labute approximate surface area is 120 Å². The lowest BCUT2D eigenvalue weighted by Gasteiger charge is -2.37. The van der Waals surface area contributed by atoms with Crippen molar-refractivity contribution in [2.24, 2.45) is 0 Å². The Morgan fingerprint density at radius 2 is 1.95 bits per heavy atom. The number of aliphatic hydroxyl groups is 1. The Hall–Kier alpha value is -0.770. The van der Waals surface area contributed by atoms with E-state index in [1.807, 2.05) is 18.2 Å². The minimum atomic E-state index is -0.467. The third kappa shape index (κ3) is 3.41. The van der Waals surface area contributed by atoms with Gasteiger partial charge in [0.1, 0.15) is 0 Å². The molecule has 1 aromatic carbocycles. The number of hydrogen-bond acceptors (Lipinski definition) is 3. The molecule has 0 radical (unpaired) electrons.